The highest BCUT2D eigenvalue weighted by Gasteiger charge is 2.34. The van der Waals surface area contributed by atoms with E-state index in [4.69, 9.17) is 16.3 Å². The van der Waals surface area contributed by atoms with Crippen molar-refractivity contribution in [1.82, 2.24) is 4.90 Å². The first-order chi connectivity index (χ1) is 14.5. The van der Waals surface area contributed by atoms with Crippen LogP contribution in [0.2, 0.25) is 5.02 Å². The normalized spacial score (nSPS) is 18.4. The fourth-order valence-electron chi connectivity index (χ4n) is 4.03. The van der Waals surface area contributed by atoms with E-state index in [-0.39, 0.29) is 18.4 Å². The minimum Gasteiger partial charge on any atom is -0.477 e. The van der Waals surface area contributed by atoms with Crippen molar-refractivity contribution >= 4 is 34.8 Å². The summed E-state index contributed by atoms with van der Waals surface area (Å²) in [6.45, 7) is 3.93. The molecule has 30 heavy (non-hydrogen) atoms. The molecule has 4 rings (SSSR count). The molecule has 6 nitrogen and oxygen atoms in total. The molecule has 2 aliphatic rings. The van der Waals surface area contributed by atoms with Crippen LogP contribution in [0.5, 0.6) is 5.75 Å². The average Bonchev–Trinajstić information content (AvgIpc) is 2.75. The van der Waals surface area contributed by atoms with Crippen LogP contribution in [0.1, 0.15) is 24.8 Å². The van der Waals surface area contributed by atoms with Crippen LogP contribution < -0.4 is 15.0 Å². The highest BCUT2D eigenvalue weighted by atomic mass is 35.5. The lowest BCUT2D eigenvalue weighted by Gasteiger charge is -2.38. The molecule has 2 amide bonds. The van der Waals surface area contributed by atoms with Gasteiger partial charge in [-0.2, -0.15) is 0 Å². The Kier molecular flexibility index (Phi) is 6.13. The predicted molar refractivity (Wildman–Crippen MR) is 118 cm³/mol. The number of likely N-dealkylation sites (tertiary alicyclic amines) is 1. The van der Waals surface area contributed by atoms with Crippen LogP contribution in [0.4, 0.5) is 11.4 Å². The molecule has 1 atom stereocenters. The molecule has 1 fully saturated rings. The summed E-state index contributed by atoms with van der Waals surface area (Å²) in [6, 6.07) is 12.9. The van der Waals surface area contributed by atoms with E-state index in [9.17, 15) is 9.59 Å². The molecule has 1 N–H and O–H groups in total. The maximum atomic E-state index is 13.0. The number of halogens is 1. The van der Waals surface area contributed by atoms with Gasteiger partial charge in [-0.3, -0.25) is 9.59 Å². The number of aryl methyl sites for hydroxylation is 1. The zero-order valence-electron chi connectivity index (χ0n) is 17.1. The number of para-hydroxylation sites is 2. The smallest absolute Gasteiger partial charge is 0.265 e. The third-order valence-corrected chi connectivity index (χ3v) is 5.84. The Morgan fingerprint density at radius 1 is 1.13 bits per heavy atom. The van der Waals surface area contributed by atoms with Gasteiger partial charge in [-0.25, -0.2) is 0 Å². The number of carbonyl (C=O) groups is 2. The molecule has 0 radical (unpaired) electrons. The molecular formula is C23H26ClN3O3. The van der Waals surface area contributed by atoms with E-state index in [1.807, 2.05) is 47.1 Å². The molecule has 2 heterocycles. The molecule has 0 bridgehead atoms. The first-order valence-electron chi connectivity index (χ1n) is 10.4. The van der Waals surface area contributed by atoms with Gasteiger partial charge in [-0.1, -0.05) is 23.7 Å². The van der Waals surface area contributed by atoms with Crippen LogP contribution >= 0.6 is 11.6 Å². The number of hydrogen-bond acceptors (Lipinski definition) is 4. The van der Waals surface area contributed by atoms with Crippen molar-refractivity contribution in [3.63, 3.8) is 0 Å². The van der Waals surface area contributed by atoms with Gasteiger partial charge in [-0.15, -0.1) is 0 Å². The number of hydrogen-bond donors (Lipinski definition) is 1. The fraction of sp³-hybridized carbons (Fsp3) is 0.391. The zero-order chi connectivity index (χ0) is 21.1. The zero-order valence-corrected chi connectivity index (χ0v) is 17.8. The number of piperidine rings is 1. The molecule has 0 aromatic heterocycles. The van der Waals surface area contributed by atoms with Crippen molar-refractivity contribution in [3.05, 3.63) is 53.1 Å². The third kappa shape index (κ3) is 4.54. The molecule has 0 unspecified atom stereocenters. The lowest BCUT2D eigenvalue weighted by molar-refractivity contribution is -0.139. The number of amides is 2. The number of nitrogens with zero attached hydrogens (tertiary/aromatic N) is 2. The number of nitrogens with one attached hydrogen (secondary N) is 1. The van der Waals surface area contributed by atoms with E-state index < -0.39 is 6.10 Å². The largest absolute Gasteiger partial charge is 0.477 e. The Morgan fingerprint density at radius 2 is 1.90 bits per heavy atom. The van der Waals surface area contributed by atoms with Gasteiger partial charge < -0.3 is 19.9 Å². The molecule has 1 saturated heterocycles. The van der Waals surface area contributed by atoms with E-state index in [1.54, 1.807) is 12.1 Å². The van der Waals surface area contributed by atoms with Crippen LogP contribution in [0, 0.1) is 6.92 Å². The minimum atomic E-state index is -0.608. The van der Waals surface area contributed by atoms with E-state index in [0.29, 0.717) is 17.3 Å². The maximum absolute atomic E-state index is 13.0. The second-order valence-corrected chi connectivity index (χ2v) is 8.28. The van der Waals surface area contributed by atoms with Crippen molar-refractivity contribution < 1.29 is 14.3 Å². The van der Waals surface area contributed by atoms with Crippen molar-refractivity contribution in [2.75, 3.05) is 36.4 Å². The van der Waals surface area contributed by atoms with Crippen LogP contribution in [0.25, 0.3) is 0 Å². The molecule has 2 aromatic carbocycles. The number of ether oxygens (including phenoxy) is 1. The van der Waals surface area contributed by atoms with Crippen molar-refractivity contribution in [2.24, 2.45) is 0 Å². The lowest BCUT2D eigenvalue weighted by atomic mass is 10.1. The van der Waals surface area contributed by atoms with E-state index >= 15 is 0 Å². The molecule has 0 saturated carbocycles. The molecule has 158 valence electrons. The number of anilines is 2. The Balaban J connectivity index is 1.49. The summed E-state index contributed by atoms with van der Waals surface area (Å²) in [4.78, 5) is 29.6. The van der Waals surface area contributed by atoms with Gasteiger partial charge in [0.1, 0.15) is 5.75 Å². The van der Waals surface area contributed by atoms with Crippen molar-refractivity contribution in [3.8, 4) is 5.75 Å². The lowest BCUT2D eigenvalue weighted by Crippen LogP contribution is -2.52. The topological polar surface area (TPSA) is 61.9 Å². The number of fused-ring (bicyclic) bond motifs is 1. The summed E-state index contributed by atoms with van der Waals surface area (Å²) in [5.74, 6) is 0.485. The van der Waals surface area contributed by atoms with Gasteiger partial charge in [0, 0.05) is 23.8 Å². The molecular weight excluding hydrogens is 402 g/mol. The minimum absolute atomic E-state index is 0.00292. The SMILES string of the molecule is Cc1cc(Cl)ccc1NC(=O)CN1C[C@H](C(=O)N2CCCCC2)Oc2ccccc21. The average molecular weight is 428 g/mol. The second kappa shape index (κ2) is 8.96. The Bertz CT molecular complexity index is 943. The van der Waals surface area contributed by atoms with Gasteiger partial charge in [0.2, 0.25) is 5.91 Å². The highest BCUT2D eigenvalue weighted by molar-refractivity contribution is 6.30. The number of rotatable bonds is 4. The van der Waals surface area contributed by atoms with E-state index in [1.165, 1.54) is 0 Å². The van der Waals surface area contributed by atoms with E-state index in [2.05, 4.69) is 5.32 Å². The Hall–Kier alpha value is -2.73. The number of carbonyl (C=O) groups excluding carboxylic acids is 2. The van der Waals surface area contributed by atoms with Crippen LogP contribution in [0.3, 0.4) is 0 Å². The summed E-state index contributed by atoms with van der Waals surface area (Å²) >= 11 is 6.00. The molecule has 0 aliphatic carbocycles. The van der Waals surface area contributed by atoms with Gasteiger partial charge in [0.05, 0.1) is 18.8 Å². The fourth-order valence-corrected chi connectivity index (χ4v) is 4.26. The molecule has 2 aliphatic heterocycles. The number of benzene rings is 2. The van der Waals surface area contributed by atoms with E-state index in [0.717, 1.165) is 49.3 Å². The van der Waals surface area contributed by atoms with Crippen LogP contribution in [0.15, 0.2) is 42.5 Å². The predicted octanol–water partition coefficient (Wildman–Crippen LogP) is 3.87. The van der Waals surface area contributed by atoms with Crippen LogP contribution in [-0.4, -0.2) is 49.0 Å². The molecule has 7 heteroatoms. The highest BCUT2D eigenvalue weighted by Crippen LogP contribution is 2.33. The summed E-state index contributed by atoms with van der Waals surface area (Å²) in [6.07, 6.45) is 2.61. The standard InChI is InChI=1S/C23H26ClN3O3/c1-16-13-17(24)9-10-18(16)25-22(28)15-27-14-21(23(29)26-11-5-2-6-12-26)30-20-8-4-3-7-19(20)27/h3-4,7-10,13,21H,2,5-6,11-12,14-15H2,1H3,(H,25,28)/t21-/m1/s1. The van der Waals surface area contributed by atoms with Gasteiger partial charge in [-0.05, 0) is 62.1 Å². The van der Waals surface area contributed by atoms with Crippen LogP contribution in [-0.2, 0) is 9.59 Å². The summed E-state index contributed by atoms with van der Waals surface area (Å²) < 4.78 is 6.03. The van der Waals surface area contributed by atoms with Gasteiger partial charge in [0.25, 0.3) is 5.91 Å². The third-order valence-electron chi connectivity index (χ3n) is 5.60. The summed E-state index contributed by atoms with van der Waals surface area (Å²) in [7, 11) is 0. The Morgan fingerprint density at radius 3 is 2.67 bits per heavy atom. The first-order valence-corrected chi connectivity index (χ1v) is 10.7. The quantitative estimate of drug-likeness (QED) is 0.804. The monoisotopic (exact) mass is 427 g/mol. The van der Waals surface area contributed by atoms with Crippen molar-refractivity contribution in [1.29, 1.82) is 0 Å². The first kappa shape index (κ1) is 20.5. The molecule has 2 aromatic rings. The van der Waals surface area contributed by atoms with Crippen molar-refractivity contribution in [2.45, 2.75) is 32.3 Å². The van der Waals surface area contributed by atoms with Gasteiger partial charge >= 0.3 is 0 Å². The Labute approximate surface area is 181 Å². The summed E-state index contributed by atoms with van der Waals surface area (Å²) in [5, 5.41) is 3.58. The van der Waals surface area contributed by atoms with Gasteiger partial charge in [0.15, 0.2) is 6.10 Å². The summed E-state index contributed by atoms with van der Waals surface area (Å²) in [5.41, 5.74) is 2.45. The maximum Gasteiger partial charge on any atom is 0.265 e. The second-order valence-electron chi connectivity index (χ2n) is 7.85. The molecule has 0 spiro atoms.